The Balaban J connectivity index is 2.17. The smallest absolute Gasteiger partial charge is 0.0701 e. The molecule has 13 heavy (non-hydrogen) atoms. The summed E-state index contributed by atoms with van der Waals surface area (Å²) in [5.41, 5.74) is 6.08. The Kier molecular flexibility index (Phi) is 2.49. The van der Waals surface area contributed by atoms with Crippen LogP contribution in [0.2, 0.25) is 0 Å². The molecule has 0 saturated heterocycles. The predicted octanol–water partition coefficient (Wildman–Crippen LogP) is 2.28. The summed E-state index contributed by atoms with van der Waals surface area (Å²) in [5, 5.41) is 9.21. The minimum Gasteiger partial charge on any atom is -0.396 e. The van der Waals surface area contributed by atoms with Gasteiger partial charge in [0.25, 0.3) is 0 Å². The number of hydrogen-bond donors (Lipinski definition) is 2. The van der Waals surface area contributed by atoms with Crippen LogP contribution in [0.1, 0.15) is 23.8 Å². The van der Waals surface area contributed by atoms with E-state index in [0.29, 0.717) is 0 Å². The number of hydrogen-bond acceptors (Lipinski definition) is 3. The van der Waals surface area contributed by atoms with E-state index in [1.165, 1.54) is 4.88 Å². The Morgan fingerprint density at radius 2 is 2.31 bits per heavy atom. The molecule has 0 aliphatic heterocycles. The van der Waals surface area contributed by atoms with E-state index in [1.807, 2.05) is 12.1 Å². The van der Waals surface area contributed by atoms with Crippen molar-refractivity contribution in [1.29, 1.82) is 0 Å². The quantitative estimate of drug-likeness (QED) is 0.877. The van der Waals surface area contributed by atoms with Crippen molar-refractivity contribution < 1.29 is 5.11 Å². The van der Waals surface area contributed by atoms with Crippen LogP contribution >= 0.6 is 27.3 Å². The van der Waals surface area contributed by atoms with Gasteiger partial charge in [0.2, 0.25) is 0 Å². The first-order valence-corrected chi connectivity index (χ1v) is 5.90. The first-order valence-electron chi connectivity index (χ1n) is 4.30. The SMILES string of the molecule is NC(c1ccc(Br)s1)C1(CO)CC1. The van der Waals surface area contributed by atoms with Gasteiger partial charge in [-0.2, -0.15) is 0 Å². The van der Waals surface area contributed by atoms with Gasteiger partial charge in [-0.3, -0.25) is 0 Å². The summed E-state index contributed by atoms with van der Waals surface area (Å²) in [6, 6.07) is 4.05. The van der Waals surface area contributed by atoms with Crippen molar-refractivity contribution in [2.45, 2.75) is 18.9 Å². The van der Waals surface area contributed by atoms with Gasteiger partial charge in [0.05, 0.1) is 10.4 Å². The topological polar surface area (TPSA) is 46.2 Å². The van der Waals surface area contributed by atoms with E-state index in [2.05, 4.69) is 15.9 Å². The fourth-order valence-corrected chi connectivity index (χ4v) is 3.09. The maximum Gasteiger partial charge on any atom is 0.0701 e. The molecule has 0 radical (unpaired) electrons. The van der Waals surface area contributed by atoms with Gasteiger partial charge in [-0.05, 0) is 40.9 Å². The summed E-state index contributed by atoms with van der Waals surface area (Å²) in [4.78, 5) is 1.17. The normalized spacial score (nSPS) is 21.5. The van der Waals surface area contributed by atoms with Crippen molar-refractivity contribution in [3.63, 3.8) is 0 Å². The first-order chi connectivity index (χ1) is 6.18. The molecule has 2 rings (SSSR count). The van der Waals surface area contributed by atoms with Crippen LogP contribution in [0.25, 0.3) is 0 Å². The fraction of sp³-hybridized carbons (Fsp3) is 0.556. The fourth-order valence-electron chi connectivity index (χ4n) is 1.53. The number of nitrogens with two attached hydrogens (primary N) is 1. The molecule has 3 N–H and O–H groups in total. The third-order valence-corrected chi connectivity index (χ3v) is 4.47. The highest BCUT2D eigenvalue weighted by Crippen LogP contribution is 2.54. The molecule has 72 valence electrons. The monoisotopic (exact) mass is 261 g/mol. The molecule has 1 heterocycles. The van der Waals surface area contributed by atoms with Crippen LogP contribution in [0.5, 0.6) is 0 Å². The van der Waals surface area contributed by atoms with E-state index in [4.69, 9.17) is 5.73 Å². The second kappa shape index (κ2) is 3.35. The van der Waals surface area contributed by atoms with Gasteiger partial charge >= 0.3 is 0 Å². The largest absolute Gasteiger partial charge is 0.396 e. The van der Waals surface area contributed by atoms with E-state index in [9.17, 15) is 5.11 Å². The molecule has 1 aromatic heterocycles. The van der Waals surface area contributed by atoms with Gasteiger partial charge in [0, 0.05) is 16.3 Å². The molecule has 1 unspecified atom stereocenters. The lowest BCUT2D eigenvalue weighted by Gasteiger charge is -2.19. The van der Waals surface area contributed by atoms with E-state index in [0.717, 1.165) is 16.6 Å². The highest BCUT2D eigenvalue weighted by atomic mass is 79.9. The lowest BCUT2D eigenvalue weighted by Crippen LogP contribution is -2.24. The average Bonchev–Trinajstić information content (AvgIpc) is 2.82. The summed E-state index contributed by atoms with van der Waals surface area (Å²) >= 11 is 5.07. The number of aliphatic hydroxyl groups is 1. The van der Waals surface area contributed by atoms with Crippen molar-refractivity contribution in [2.75, 3.05) is 6.61 Å². The van der Waals surface area contributed by atoms with Crippen LogP contribution in [0, 0.1) is 5.41 Å². The van der Waals surface area contributed by atoms with Crippen molar-refractivity contribution in [3.05, 3.63) is 20.8 Å². The van der Waals surface area contributed by atoms with Crippen LogP contribution in [0.4, 0.5) is 0 Å². The highest BCUT2D eigenvalue weighted by molar-refractivity contribution is 9.11. The van der Waals surface area contributed by atoms with Crippen molar-refractivity contribution >= 4 is 27.3 Å². The lowest BCUT2D eigenvalue weighted by molar-refractivity contribution is 0.189. The summed E-state index contributed by atoms with van der Waals surface area (Å²) in [6.07, 6.45) is 2.11. The second-order valence-electron chi connectivity index (χ2n) is 3.64. The molecular weight excluding hydrogens is 250 g/mol. The molecule has 1 atom stereocenters. The summed E-state index contributed by atoms with van der Waals surface area (Å²) in [6.45, 7) is 0.212. The number of halogens is 1. The van der Waals surface area contributed by atoms with E-state index in [1.54, 1.807) is 11.3 Å². The minimum absolute atomic E-state index is 0.00815. The second-order valence-corrected chi connectivity index (χ2v) is 6.13. The molecular formula is C9H12BrNOS. The van der Waals surface area contributed by atoms with Gasteiger partial charge in [0.15, 0.2) is 0 Å². The van der Waals surface area contributed by atoms with Gasteiger partial charge in [-0.1, -0.05) is 0 Å². The maximum absolute atomic E-state index is 9.21. The zero-order valence-corrected chi connectivity index (χ0v) is 9.57. The summed E-state index contributed by atoms with van der Waals surface area (Å²) in [5.74, 6) is 0. The molecule has 4 heteroatoms. The van der Waals surface area contributed by atoms with E-state index < -0.39 is 0 Å². The Bertz CT molecular complexity index is 308. The van der Waals surface area contributed by atoms with E-state index >= 15 is 0 Å². The van der Waals surface area contributed by atoms with Crippen LogP contribution in [0.15, 0.2) is 15.9 Å². The Labute approximate surface area is 89.9 Å². The average molecular weight is 262 g/mol. The molecule has 1 saturated carbocycles. The molecule has 0 aromatic carbocycles. The number of rotatable bonds is 3. The highest BCUT2D eigenvalue weighted by Gasteiger charge is 2.48. The molecule has 1 aliphatic rings. The van der Waals surface area contributed by atoms with Crippen molar-refractivity contribution in [1.82, 2.24) is 0 Å². The number of aliphatic hydroxyl groups excluding tert-OH is 1. The third-order valence-electron chi connectivity index (χ3n) is 2.77. The molecule has 1 aromatic rings. The van der Waals surface area contributed by atoms with Gasteiger partial charge in [-0.25, -0.2) is 0 Å². The molecule has 1 aliphatic carbocycles. The van der Waals surface area contributed by atoms with Crippen molar-refractivity contribution in [2.24, 2.45) is 11.1 Å². The summed E-state index contributed by atoms with van der Waals surface area (Å²) in [7, 11) is 0. The first kappa shape index (κ1) is 9.65. The Morgan fingerprint density at radius 1 is 1.62 bits per heavy atom. The van der Waals surface area contributed by atoms with Crippen LogP contribution in [-0.2, 0) is 0 Å². The van der Waals surface area contributed by atoms with Gasteiger partial charge < -0.3 is 10.8 Å². The van der Waals surface area contributed by atoms with Gasteiger partial charge in [0.1, 0.15) is 0 Å². The zero-order valence-electron chi connectivity index (χ0n) is 7.16. The predicted molar refractivity (Wildman–Crippen MR) is 57.7 cm³/mol. The van der Waals surface area contributed by atoms with Gasteiger partial charge in [-0.15, -0.1) is 11.3 Å². The molecule has 0 bridgehead atoms. The number of thiophene rings is 1. The Hall–Kier alpha value is 0.1000. The Morgan fingerprint density at radius 3 is 2.69 bits per heavy atom. The standard InChI is InChI=1S/C9H12BrNOS/c10-7-2-1-6(13-7)8(11)9(5-12)3-4-9/h1-2,8,12H,3-5,11H2. The zero-order chi connectivity index (χ0) is 9.47. The summed E-state index contributed by atoms with van der Waals surface area (Å²) < 4.78 is 1.10. The lowest BCUT2D eigenvalue weighted by atomic mass is 9.97. The van der Waals surface area contributed by atoms with Crippen molar-refractivity contribution in [3.8, 4) is 0 Å². The minimum atomic E-state index is -0.00963. The molecule has 2 nitrogen and oxygen atoms in total. The maximum atomic E-state index is 9.21. The van der Waals surface area contributed by atoms with Crippen LogP contribution < -0.4 is 5.73 Å². The third kappa shape index (κ3) is 1.68. The van der Waals surface area contributed by atoms with E-state index in [-0.39, 0.29) is 18.1 Å². The molecule has 0 amide bonds. The van der Waals surface area contributed by atoms with Crippen LogP contribution in [0.3, 0.4) is 0 Å². The molecule has 0 spiro atoms. The molecule has 1 fully saturated rings. The van der Waals surface area contributed by atoms with Crippen LogP contribution in [-0.4, -0.2) is 11.7 Å².